The predicted octanol–water partition coefficient (Wildman–Crippen LogP) is 2.97. The fraction of sp³-hybridized carbons (Fsp3) is 0.750. The molecule has 0 fully saturated rings. The first-order valence-electron chi connectivity index (χ1n) is 5.38. The molecule has 0 rings (SSSR count). The van der Waals surface area contributed by atoms with Gasteiger partial charge in [-0.25, -0.2) is 0 Å². The minimum absolute atomic E-state index is 0.141. The average molecular weight is 198 g/mol. The molecular formula is C12H22O2. The zero-order valence-corrected chi connectivity index (χ0v) is 9.42. The normalized spacial score (nSPS) is 12.4. The van der Waals surface area contributed by atoms with Gasteiger partial charge in [0.25, 0.3) is 0 Å². The molecule has 0 aromatic rings. The molecule has 0 aromatic carbocycles. The SMILES string of the molecule is C=CC(=O)CCC(CCCC)COC. The molecular weight excluding hydrogens is 176 g/mol. The summed E-state index contributed by atoms with van der Waals surface area (Å²) in [6.45, 7) is 6.41. The molecule has 82 valence electrons. The fourth-order valence-corrected chi connectivity index (χ4v) is 1.49. The summed E-state index contributed by atoms with van der Waals surface area (Å²) >= 11 is 0. The Morgan fingerprint density at radius 2 is 2.21 bits per heavy atom. The van der Waals surface area contributed by atoms with Crippen LogP contribution in [0.2, 0.25) is 0 Å². The number of methoxy groups -OCH3 is 1. The molecule has 0 bridgehead atoms. The van der Waals surface area contributed by atoms with Crippen molar-refractivity contribution in [3.05, 3.63) is 12.7 Å². The zero-order chi connectivity index (χ0) is 10.8. The third kappa shape index (κ3) is 6.84. The van der Waals surface area contributed by atoms with E-state index >= 15 is 0 Å². The van der Waals surface area contributed by atoms with Crippen LogP contribution < -0.4 is 0 Å². The number of hydrogen-bond donors (Lipinski definition) is 0. The first kappa shape index (κ1) is 13.4. The largest absolute Gasteiger partial charge is 0.384 e. The topological polar surface area (TPSA) is 26.3 Å². The Morgan fingerprint density at radius 3 is 2.71 bits per heavy atom. The van der Waals surface area contributed by atoms with Gasteiger partial charge in [0, 0.05) is 20.1 Å². The summed E-state index contributed by atoms with van der Waals surface area (Å²) in [5, 5.41) is 0. The monoisotopic (exact) mass is 198 g/mol. The maximum Gasteiger partial charge on any atom is 0.155 e. The van der Waals surface area contributed by atoms with Crippen LogP contribution in [0, 0.1) is 5.92 Å². The Kier molecular flexibility index (Phi) is 8.54. The van der Waals surface area contributed by atoms with E-state index in [-0.39, 0.29) is 5.78 Å². The molecule has 1 unspecified atom stereocenters. The predicted molar refractivity (Wildman–Crippen MR) is 59.3 cm³/mol. The molecule has 0 heterocycles. The quantitative estimate of drug-likeness (QED) is 0.532. The standard InChI is InChI=1S/C12H22O2/c1-4-6-7-11(10-14-3)8-9-12(13)5-2/h5,11H,2,4,6-10H2,1,3H3. The van der Waals surface area contributed by atoms with Crippen molar-refractivity contribution in [1.82, 2.24) is 0 Å². The molecule has 0 amide bonds. The number of unbranched alkanes of at least 4 members (excludes halogenated alkanes) is 1. The van der Waals surface area contributed by atoms with Gasteiger partial charge < -0.3 is 4.74 Å². The van der Waals surface area contributed by atoms with Gasteiger partial charge in [-0.05, 0) is 24.8 Å². The van der Waals surface area contributed by atoms with Crippen LogP contribution in [0.1, 0.15) is 39.0 Å². The molecule has 0 radical (unpaired) electrons. The highest BCUT2D eigenvalue weighted by Crippen LogP contribution is 2.15. The maximum absolute atomic E-state index is 11.0. The molecule has 0 aliphatic heterocycles. The van der Waals surface area contributed by atoms with Gasteiger partial charge in [-0.3, -0.25) is 4.79 Å². The summed E-state index contributed by atoms with van der Waals surface area (Å²) in [5.74, 6) is 0.673. The Hall–Kier alpha value is -0.630. The van der Waals surface area contributed by atoms with E-state index in [4.69, 9.17) is 4.74 Å². The number of rotatable bonds is 9. The number of carbonyl (C=O) groups excluding carboxylic acids is 1. The molecule has 0 aliphatic carbocycles. The van der Waals surface area contributed by atoms with E-state index in [2.05, 4.69) is 13.5 Å². The summed E-state index contributed by atoms with van der Waals surface area (Å²) in [5.41, 5.74) is 0. The molecule has 2 nitrogen and oxygen atoms in total. The second kappa shape index (κ2) is 8.95. The first-order chi connectivity index (χ1) is 6.74. The first-order valence-corrected chi connectivity index (χ1v) is 5.38. The number of hydrogen-bond acceptors (Lipinski definition) is 2. The third-order valence-corrected chi connectivity index (χ3v) is 2.39. The molecule has 14 heavy (non-hydrogen) atoms. The summed E-state index contributed by atoms with van der Waals surface area (Å²) < 4.78 is 5.13. The molecule has 0 aromatic heterocycles. The van der Waals surface area contributed by atoms with Crippen molar-refractivity contribution < 1.29 is 9.53 Å². The van der Waals surface area contributed by atoms with Gasteiger partial charge in [0.1, 0.15) is 0 Å². The van der Waals surface area contributed by atoms with Crippen molar-refractivity contribution in [2.75, 3.05) is 13.7 Å². The minimum atomic E-state index is 0.141. The van der Waals surface area contributed by atoms with Gasteiger partial charge in [0.15, 0.2) is 5.78 Å². The van der Waals surface area contributed by atoms with E-state index < -0.39 is 0 Å². The van der Waals surface area contributed by atoms with Gasteiger partial charge in [0.2, 0.25) is 0 Å². The molecule has 0 aliphatic rings. The van der Waals surface area contributed by atoms with Crippen molar-refractivity contribution in [3.8, 4) is 0 Å². The van der Waals surface area contributed by atoms with Crippen LogP contribution in [0.25, 0.3) is 0 Å². The third-order valence-electron chi connectivity index (χ3n) is 2.39. The van der Waals surface area contributed by atoms with Gasteiger partial charge >= 0.3 is 0 Å². The van der Waals surface area contributed by atoms with Gasteiger partial charge in [-0.2, -0.15) is 0 Å². The van der Waals surface area contributed by atoms with E-state index in [1.807, 2.05) is 0 Å². The fourth-order valence-electron chi connectivity index (χ4n) is 1.49. The lowest BCUT2D eigenvalue weighted by Gasteiger charge is -2.14. The molecule has 0 saturated carbocycles. The van der Waals surface area contributed by atoms with E-state index in [1.165, 1.54) is 18.9 Å². The highest BCUT2D eigenvalue weighted by Gasteiger charge is 2.09. The van der Waals surface area contributed by atoms with Gasteiger partial charge in [-0.15, -0.1) is 0 Å². The highest BCUT2D eigenvalue weighted by molar-refractivity contribution is 5.88. The summed E-state index contributed by atoms with van der Waals surface area (Å²) in [4.78, 5) is 11.0. The number of carbonyl (C=O) groups is 1. The van der Waals surface area contributed by atoms with Crippen molar-refractivity contribution in [2.24, 2.45) is 5.92 Å². The lowest BCUT2D eigenvalue weighted by atomic mass is 9.96. The van der Waals surface area contributed by atoms with Crippen LogP contribution in [0.15, 0.2) is 12.7 Å². The number of ether oxygens (including phenoxy) is 1. The molecule has 0 saturated heterocycles. The van der Waals surface area contributed by atoms with Crippen molar-refractivity contribution in [2.45, 2.75) is 39.0 Å². The molecule has 0 spiro atoms. The Morgan fingerprint density at radius 1 is 1.50 bits per heavy atom. The number of ketones is 1. The Labute approximate surface area is 87.3 Å². The molecule has 0 N–H and O–H groups in total. The van der Waals surface area contributed by atoms with E-state index in [0.29, 0.717) is 12.3 Å². The average Bonchev–Trinajstić information content (AvgIpc) is 2.21. The highest BCUT2D eigenvalue weighted by atomic mass is 16.5. The van der Waals surface area contributed by atoms with Crippen LogP contribution in [0.4, 0.5) is 0 Å². The van der Waals surface area contributed by atoms with Crippen molar-refractivity contribution >= 4 is 5.78 Å². The Balaban J connectivity index is 3.71. The zero-order valence-electron chi connectivity index (χ0n) is 9.42. The van der Waals surface area contributed by atoms with Crippen molar-refractivity contribution in [1.29, 1.82) is 0 Å². The van der Waals surface area contributed by atoms with E-state index in [9.17, 15) is 4.79 Å². The van der Waals surface area contributed by atoms with Gasteiger partial charge in [0.05, 0.1) is 0 Å². The van der Waals surface area contributed by atoms with E-state index in [1.54, 1.807) is 7.11 Å². The smallest absolute Gasteiger partial charge is 0.155 e. The second-order valence-corrected chi connectivity index (χ2v) is 3.67. The summed E-state index contributed by atoms with van der Waals surface area (Å²) in [6.07, 6.45) is 6.53. The lowest BCUT2D eigenvalue weighted by molar-refractivity contribution is -0.114. The van der Waals surface area contributed by atoms with Crippen LogP contribution in [-0.4, -0.2) is 19.5 Å². The summed E-state index contributed by atoms with van der Waals surface area (Å²) in [7, 11) is 1.72. The molecule has 2 heteroatoms. The van der Waals surface area contributed by atoms with Crippen molar-refractivity contribution in [3.63, 3.8) is 0 Å². The van der Waals surface area contributed by atoms with Crippen LogP contribution in [-0.2, 0) is 9.53 Å². The second-order valence-electron chi connectivity index (χ2n) is 3.67. The maximum atomic E-state index is 11.0. The van der Waals surface area contributed by atoms with Crippen LogP contribution >= 0.6 is 0 Å². The Bertz CT molecular complexity index is 164. The minimum Gasteiger partial charge on any atom is -0.384 e. The number of allylic oxidation sites excluding steroid dienone is 1. The summed E-state index contributed by atoms with van der Waals surface area (Å²) in [6, 6.07) is 0. The van der Waals surface area contributed by atoms with Crippen LogP contribution in [0.3, 0.4) is 0 Å². The molecule has 1 atom stereocenters. The lowest BCUT2D eigenvalue weighted by Crippen LogP contribution is -2.10. The van der Waals surface area contributed by atoms with E-state index in [0.717, 1.165) is 19.4 Å². The van der Waals surface area contributed by atoms with Gasteiger partial charge in [-0.1, -0.05) is 26.3 Å². The van der Waals surface area contributed by atoms with Crippen LogP contribution in [0.5, 0.6) is 0 Å².